The average molecular weight is 358 g/mol. The Morgan fingerprint density at radius 3 is 2.48 bits per heavy atom. The number of anilines is 1. The van der Waals surface area contributed by atoms with Gasteiger partial charge in [0.05, 0.1) is 13.0 Å². The molecule has 0 heterocycles. The molecule has 1 amide bonds. The van der Waals surface area contributed by atoms with E-state index in [1.165, 1.54) is 4.90 Å². The second-order valence-corrected chi connectivity index (χ2v) is 7.63. The van der Waals surface area contributed by atoms with Gasteiger partial charge in [0.15, 0.2) is 0 Å². The van der Waals surface area contributed by atoms with Crippen LogP contribution in [0.2, 0.25) is 0 Å². The van der Waals surface area contributed by atoms with Crippen molar-refractivity contribution in [2.45, 2.75) is 50.7 Å². The van der Waals surface area contributed by atoms with E-state index in [9.17, 15) is 4.79 Å². The second-order valence-electron chi connectivity index (χ2n) is 6.12. The van der Waals surface area contributed by atoms with Crippen LogP contribution in [-0.4, -0.2) is 17.8 Å². The Hall–Kier alpha value is -1.94. The molecule has 0 bridgehead atoms. The van der Waals surface area contributed by atoms with E-state index < -0.39 is 0 Å². The average Bonchev–Trinajstić information content (AvgIpc) is 2.59. The van der Waals surface area contributed by atoms with Crippen molar-refractivity contribution in [2.24, 2.45) is 0 Å². The van der Waals surface area contributed by atoms with Crippen LogP contribution in [-0.2, 0) is 11.2 Å². The molecule has 1 N–H and O–H groups in total. The molecule has 3 nitrogen and oxygen atoms in total. The Balaban J connectivity index is 1.95. The molecule has 2 aromatic rings. The van der Waals surface area contributed by atoms with Crippen molar-refractivity contribution in [3.05, 3.63) is 53.6 Å². The molecule has 2 aromatic carbocycles. The standard InChI is InChI=1S/C21H27NO2S/c1-5-16(4)25-19-11-12-20(15(3)13-19)22-21(23)14-17-7-9-18(10-8-17)24-6-2/h7-13,16H,5-6,14H2,1-4H3,(H,22,23). The molecule has 2 rings (SSSR count). The molecule has 0 saturated carbocycles. The lowest BCUT2D eigenvalue weighted by atomic mass is 10.1. The minimum atomic E-state index is -0.00501. The lowest BCUT2D eigenvalue weighted by Crippen LogP contribution is -2.15. The maximum Gasteiger partial charge on any atom is 0.228 e. The summed E-state index contributed by atoms with van der Waals surface area (Å²) in [5.74, 6) is 0.825. The molecule has 0 spiro atoms. The van der Waals surface area contributed by atoms with Crippen molar-refractivity contribution in [2.75, 3.05) is 11.9 Å². The zero-order valence-electron chi connectivity index (χ0n) is 15.5. The number of hydrogen-bond donors (Lipinski definition) is 1. The summed E-state index contributed by atoms with van der Waals surface area (Å²) in [6.45, 7) is 9.06. The Labute approximate surface area is 155 Å². The summed E-state index contributed by atoms with van der Waals surface area (Å²) in [6, 6.07) is 13.9. The summed E-state index contributed by atoms with van der Waals surface area (Å²) < 4.78 is 5.42. The summed E-state index contributed by atoms with van der Waals surface area (Å²) >= 11 is 1.87. The second kappa shape index (κ2) is 9.52. The highest BCUT2D eigenvalue weighted by molar-refractivity contribution is 7.99. The van der Waals surface area contributed by atoms with Crippen LogP contribution in [0, 0.1) is 6.92 Å². The van der Waals surface area contributed by atoms with Gasteiger partial charge in [-0.25, -0.2) is 0 Å². The molecular formula is C21H27NO2S. The van der Waals surface area contributed by atoms with Gasteiger partial charge >= 0.3 is 0 Å². The fourth-order valence-corrected chi connectivity index (χ4v) is 3.44. The van der Waals surface area contributed by atoms with Crippen molar-refractivity contribution in [3.63, 3.8) is 0 Å². The van der Waals surface area contributed by atoms with E-state index in [1.54, 1.807) is 0 Å². The Morgan fingerprint density at radius 2 is 1.88 bits per heavy atom. The predicted molar refractivity (Wildman–Crippen MR) is 107 cm³/mol. The van der Waals surface area contributed by atoms with Crippen LogP contribution in [0.25, 0.3) is 0 Å². The number of amides is 1. The molecule has 0 saturated heterocycles. The van der Waals surface area contributed by atoms with E-state index in [2.05, 4.69) is 31.3 Å². The van der Waals surface area contributed by atoms with Crippen LogP contribution in [0.4, 0.5) is 5.69 Å². The van der Waals surface area contributed by atoms with Gasteiger partial charge in [0.25, 0.3) is 0 Å². The Kier molecular flexibility index (Phi) is 7.38. The van der Waals surface area contributed by atoms with Crippen molar-refractivity contribution >= 4 is 23.4 Å². The van der Waals surface area contributed by atoms with E-state index in [0.717, 1.165) is 29.0 Å². The van der Waals surface area contributed by atoms with Gasteiger partial charge < -0.3 is 10.1 Å². The number of nitrogens with one attached hydrogen (secondary N) is 1. The number of thioether (sulfide) groups is 1. The van der Waals surface area contributed by atoms with E-state index in [4.69, 9.17) is 4.74 Å². The van der Waals surface area contributed by atoms with Crippen LogP contribution in [0.5, 0.6) is 5.75 Å². The van der Waals surface area contributed by atoms with Crippen molar-refractivity contribution < 1.29 is 9.53 Å². The van der Waals surface area contributed by atoms with Crippen LogP contribution < -0.4 is 10.1 Å². The number of ether oxygens (including phenoxy) is 1. The number of benzene rings is 2. The molecular weight excluding hydrogens is 330 g/mol. The first-order chi connectivity index (χ1) is 12.0. The Bertz CT molecular complexity index is 698. The molecule has 4 heteroatoms. The molecule has 0 aliphatic heterocycles. The monoisotopic (exact) mass is 357 g/mol. The normalized spacial score (nSPS) is 11.8. The molecule has 25 heavy (non-hydrogen) atoms. The highest BCUT2D eigenvalue weighted by Gasteiger charge is 2.08. The van der Waals surface area contributed by atoms with Gasteiger partial charge in [-0.2, -0.15) is 0 Å². The lowest BCUT2D eigenvalue weighted by molar-refractivity contribution is -0.115. The Morgan fingerprint density at radius 1 is 1.16 bits per heavy atom. The maximum absolute atomic E-state index is 12.3. The zero-order chi connectivity index (χ0) is 18.2. The van der Waals surface area contributed by atoms with Gasteiger partial charge in [0, 0.05) is 15.8 Å². The molecule has 1 atom stereocenters. The third-order valence-corrected chi connectivity index (χ3v) is 5.24. The van der Waals surface area contributed by atoms with Gasteiger partial charge in [0.2, 0.25) is 5.91 Å². The van der Waals surface area contributed by atoms with Crippen LogP contribution >= 0.6 is 11.8 Å². The molecule has 1 unspecified atom stereocenters. The lowest BCUT2D eigenvalue weighted by Gasteiger charge is -2.12. The first-order valence-corrected chi connectivity index (χ1v) is 9.68. The van der Waals surface area contributed by atoms with Crippen molar-refractivity contribution in [3.8, 4) is 5.75 Å². The fraction of sp³-hybridized carbons (Fsp3) is 0.381. The predicted octanol–water partition coefficient (Wildman–Crippen LogP) is 5.47. The quantitative estimate of drug-likeness (QED) is 0.637. The van der Waals surface area contributed by atoms with Crippen LogP contribution in [0.15, 0.2) is 47.4 Å². The van der Waals surface area contributed by atoms with Gasteiger partial charge in [-0.05, 0) is 61.7 Å². The highest BCUT2D eigenvalue weighted by atomic mass is 32.2. The minimum Gasteiger partial charge on any atom is -0.494 e. The summed E-state index contributed by atoms with van der Waals surface area (Å²) in [7, 11) is 0. The van der Waals surface area contributed by atoms with E-state index in [-0.39, 0.29) is 5.91 Å². The van der Waals surface area contributed by atoms with Crippen LogP contribution in [0.1, 0.15) is 38.3 Å². The largest absolute Gasteiger partial charge is 0.494 e. The molecule has 0 aliphatic rings. The first-order valence-electron chi connectivity index (χ1n) is 8.80. The molecule has 0 aromatic heterocycles. The number of hydrogen-bond acceptors (Lipinski definition) is 3. The number of aryl methyl sites for hydroxylation is 1. The molecule has 0 radical (unpaired) electrons. The minimum absolute atomic E-state index is 0.00501. The van der Waals surface area contributed by atoms with Gasteiger partial charge in [-0.15, -0.1) is 11.8 Å². The van der Waals surface area contributed by atoms with E-state index >= 15 is 0 Å². The molecule has 134 valence electrons. The molecule has 0 aliphatic carbocycles. The van der Waals surface area contributed by atoms with E-state index in [1.807, 2.05) is 55.9 Å². The van der Waals surface area contributed by atoms with Crippen LogP contribution in [0.3, 0.4) is 0 Å². The first kappa shape index (κ1) is 19.4. The summed E-state index contributed by atoms with van der Waals surface area (Å²) in [5.41, 5.74) is 2.94. The number of carbonyl (C=O) groups excluding carboxylic acids is 1. The van der Waals surface area contributed by atoms with Gasteiger partial charge in [0.1, 0.15) is 5.75 Å². The number of rotatable bonds is 8. The smallest absolute Gasteiger partial charge is 0.228 e. The zero-order valence-corrected chi connectivity index (χ0v) is 16.3. The third-order valence-electron chi connectivity index (χ3n) is 3.98. The highest BCUT2D eigenvalue weighted by Crippen LogP contribution is 2.28. The number of carbonyl (C=O) groups is 1. The summed E-state index contributed by atoms with van der Waals surface area (Å²) in [4.78, 5) is 13.6. The topological polar surface area (TPSA) is 38.3 Å². The van der Waals surface area contributed by atoms with Gasteiger partial charge in [-0.1, -0.05) is 26.0 Å². The van der Waals surface area contributed by atoms with E-state index in [0.29, 0.717) is 18.3 Å². The fourth-order valence-electron chi connectivity index (χ4n) is 2.42. The maximum atomic E-state index is 12.3. The SMILES string of the molecule is CCOc1ccc(CC(=O)Nc2ccc(SC(C)CC)cc2C)cc1. The summed E-state index contributed by atoms with van der Waals surface area (Å²) in [5, 5.41) is 3.61. The third kappa shape index (κ3) is 6.13. The van der Waals surface area contributed by atoms with Crippen molar-refractivity contribution in [1.29, 1.82) is 0 Å². The van der Waals surface area contributed by atoms with Crippen molar-refractivity contribution in [1.82, 2.24) is 0 Å². The summed E-state index contributed by atoms with van der Waals surface area (Å²) in [6.07, 6.45) is 1.50. The van der Waals surface area contributed by atoms with Gasteiger partial charge in [-0.3, -0.25) is 4.79 Å². The molecule has 0 fully saturated rings.